The predicted molar refractivity (Wildman–Crippen MR) is 74.4 cm³/mol. The van der Waals surface area contributed by atoms with Crippen LogP contribution in [0.1, 0.15) is 37.6 Å². The lowest BCUT2D eigenvalue weighted by Gasteiger charge is -2.10. The Bertz CT molecular complexity index is 553. The molecule has 1 aliphatic rings. The maximum absolute atomic E-state index is 5.40. The minimum atomic E-state index is 0.407. The van der Waals surface area contributed by atoms with Gasteiger partial charge in [0.15, 0.2) is 0 Å². The first-order chi connectivity index (χ1) is 9.72. The number of aromatic nitrogens is 5. The first-order valence-corrected chi connectivity index (χ1v) is 7.19. The third-order valence-corrected chi connectivity index (χ3v) is 3.59. The topological polar surface area (TPSA) is 57.8 Å². The second-order valence-electron chi connectivity index (χ2n) is 5.83. The van der Waals surface area contributed by atoms with Crippen molar-refractivity contribution in [3.05, 3.63) is 30.1 Å². The van der Waals surface area contributed by atoms with Crippen molar-refractivity contribution >= 4 is 0 Å². The van der Waals surface area contributed by atoms with Crippen molar-refractivity contribution < 1.29 is 4.74 Å². The van der Waals surface area contributed by atoms with E-state index >= 15 is 0 Å². The number of rotatable bonds is 5. The van der Waals surface area contributed by atoms with Crippen LogP contribution in [0.3, 0.4) is 0 Å². The molecule has 0 aliphatic carbocycles. The van der Waals surface area contributed by atoms with Gasteiger partial charge in [-0.2, -0.15) is 0 Å². The second-order valence-corrected chi connectivity index (χ2v) is 5.83. The molecule has 1 atom stereocenters. The molecule has 20 heavy (non-hydrogen) atoms. The Labute approximate surface area is 118 Å². The predicted octanol–water partition coefficient (Wildman–Crippen LogP) is 1.68. The van der Waals surface area contributed by atoms with Gasteiger partial charge < -0.3 is 9.30 Å². The first-order valence-electron chi connectivity index (χ1n) is 7.19. The summed E-state index contributed by atoms with van der Waals surface area (Å²) < 4.78 is 9.47. The highest BCUT2D eigenvalue weighted by Gasteiger charge is 2.20. The third kappa shape index (κ3) is 2.90. The number of ether oxygens (including phenoxy) is 1. The van der Waals surface area contributed by atoms with Crippen LogP contribution in [-0.4, -0.2) is 37.8 Å². The van der Waals surface area contributed by atoms with Gasteiger partial charge in [-0.1, -0.05) is 19.1 Å². The molecule has 0 amide bonds. The van der Waals surface area contributed by atoms with Crippen LogP contribution in [0.2, 0.25) is 0 Å². The van der Waals surface area contributed by atoms with E-state index in [0.717, 1.165) is 37.6 Å². The van der Waals surface area contributed by atoms with Gasteiger partial charge in [0, 0.05) is 25.3 Å². The Kier molecular flexibility index (Phi) is 3.82. The van der Waals surface area contributed by atoms with Gasteiger partial charge in [0.1, 0.15) is 0 Å². The molecule has 6 nitrogen and oxygen atoms in total. The molecule has 108 valence electrons. The van der Waals surface area contributed by atoms with Gasteiger partial charge >= 0.3 is 0 Å². The maximum atomic E-state index is 5.40. The summed E-state index contributed by atoms with van der Waals surface area (Å²) >= 11 is 0. The normalized spacial score (nSPS) is 19.1. The Morgan fingerprint density at radius 1 is 1.45 bits per heavy atom. The lowest BCUT2D eigenvalue weighted by molar-refractivity contribution is 0.193. The molecule has 3 rings (SSSR count). The van der Waals surface area contributed by atoms with E-state index in [2.05, 4.69) is 33.7 Å². The molecule has 0 unspecified atom stereocenters. The molecule has 0 bridgehead atoms. The van der Waals surface area contributed by atoms with Gasteiger partial charge in [0.2, 0.25) is 0 Å². The smallest absolute Gasteiger partial charge is 0.0948 e. The molecule has 0 radical (unpaired) electrons. The van der Waals surface area contributed by atoms with Crippen LogP contribution in [-0.2, 0) is 17.8 Å². The molecule has 2 aromatic rings. The monoisotopic (exact) mass is 275 g/mol. The molecular weight excluding hydrogens is 254 g/mol. The van der Waals surface area contributed by atoms with Gasteiger partial charge in [-0.05, 0) is 12.3 Å². The summed E-state index contributed by atoms with van der Waals surface area (Å²) in [5.41, 5.74) is 2.20. The zero-order valence-electron chi connectivity index (χ0n) is 12.1. The third-order valence-electron chi connectivity index (χ3n) is 3.59. The lowest BCUT2D eigenvalue weighted by Crippen LogP contribution is -2.10. The Morgan fingerprint density at radius 3 is 3.10 bits per heavy atom. The zero-order valence-corrected chi connectivity index (χ0v) is 12.1. The molecule has 6 heteroatoms. The molecule has 0 aromatic carbocycles. The van der Waals surface area contributed by atoms with E-state index < -0.39 is 0 Å². The first kappa shape index (κ1) is 13.3. The SMILES string of the molecule is CC(C)Cn1cncc1Cn1cc([C@@H]2CCOC2)nn1. The quantitative estimate of drug-likeness (QED) is 0.833. The fraction of sp³-hybridized carbons (Fsp3) is 0.643. The Hall–Kier alpha value is -1.69. The summed E-state index contributed by atoms with van der Waals surface area (Å²) in [6.07, 6.45) is 6.87. The molecule has 2 aromatic heterocycles. The van der Waals surface area contributed by atoms with Crippen LogP contribution in [0, 0.1) is 5.92 Å². The average Bonchev–Trinajstić information content (AvgIpc) is 3.11. The van der Waals surface area contributed by atoms with Gasteiger partial charge in [-0.25, -0.2) is 9.67 Å². The molecule has 1 saturated heterocycles. The number of imidazole rings is 1. The van der Waals surface area contributed by atoms with Gasteiger partial charge in [-0.3, -0.25) is 0 Å². The maximum Gasteiger partial charge on any atom is 0.0948 e. The molecule has 1 aliphatic heterocycles. The van der Waals surface area contributed by atoms with Crippen molar-refractivity contribution in [3.63, 3.8) is 0 Å². The lowest BCUT2D eigenvalue weighted by atomic mass is 10.1. The molecule has 1 fully saturated rings. The Balaban J connectivity index is 1.70. The summed E-state index contributed by atoms with van der Waals surface area (Å²) in [6.45, 7) is 7.71. The fourth-order valence-electron chi connectivity index (χ4n) is 2.55. The minimum Gasteiger partial charge on any atom is -0.381 e. The van der Waals surface area contributed by atoms with Gasteiger partial charge in [-0.15, -0.1) is 5.10 Å². The van der Waals surface area contributed by atoms with Crippen LogP contribution >= 0.6 is 0 Å². The zero-order chi connectivity index (χ0) is 13.9. The van der Waals surface area contributed by atoms with E-state index in [9.17, 15) is 0 Å². The van der Waals surface area contributed by atoms with Gasteiger partial charge in [0.25, 0.3) is 0 Å². The van der Waals surface area contributed by atoms with Crippen LogP contribution in [0.25, 0.3) is 0 Å². The molecule has 0 spiro atoms. The van der Waals surface area contributed by atoms with E-state index in [-0.39, 0.29) is 0 Å². The van der Waals surface area contributed by atoms with Crippen molar-refractivity contribution in [2.45, 2.75) is 39.3 Å². The van der Waals surface area contributed by atoms with E-state index in [1.165, 1.54) is 0 Å². The van der Waals surface area contributed by atoms with Crippen molar-refractivity contribution in [1.29, 1.82) is 0 Å². The van der Waals surface area contributed by atoms with E-state index in [0.29, 0.717) is 18.4 Å². The molecule has 0 N–H and O–H groups in total. The van der Waals surface area contributed by atoms with Crippen LogP contribution < -0.4 is 0 Å². The molecule has 3 heterocycles. The molecular formula is C14H21N5O. The number of hydrogen-bond donors (Lipinski definition) is 0. The van der Waals surface area contributed by atoms with Crippen LogP contribution in [0.15, 0.2) is 18.7 Å². The second kappa shape index (κ2) is 5.75. The van der Waals surface area contributed by atoms with E-state index in [1.807, 2.05) is 23.4 Å². The Morgan fingerprint density at radius 2 is 2.35 bits per heavy atom. The highest BCUT2D eigenvalue weighted by Crippen LogP contribution is 2.22. The standard InChI is InChI=1S/C14H21N5O/c1-11(2)6-18-10-15-5-13(18)7-19-8-14(16-17-19)12-3-4-20-9-12/h5,8,10-12H,3-4,6-7,9H2,1-2H3/t12-/m1/s1. The summed E-state index contributed by atoms with van der Waals surface area (Å²) in [6, 6.07) is 0. The number of hydrogen-bond acceptors (Lipinski definition) is 4. The molecule has 0 saturated carbocycles. The average molecular weight is 275 g/mol. The summed E-state index contributed by atoms with van der Waals surface area (Å²) in [4.78, 5) is 4.24. The van der Waals surface area contributed by atoms with Crippen molar-refractivity contribution in [3.8, 4) is 0 Å². The van der Waals surface area contributed by atoms with Crippen molar-refractivity contribution in [1.82, 2.24) is 24.5 Å². The fourth-order valence-corrected chi connectivity index (χ4v) is 2.55. The largest absolute Gasteiger partial charge is 0.381 e. The van der Waals surface area contributed by atoms with Crippen molar-refractivity contribution in [2.24, 2.45) is 5.92 Å². The summed E-state index contributed by atoms with van der Waals surface area (Å²) in [5.74, 6) is 1.01. The van der Waals surface area contributed by atoms with Crippen LogP contribution in [0.4, 0.5) is 0 Å². The van der Waals surface area contributed by atoms with E-state index in [4.69, 9.17) is 4.74 Å². The van der Waals surface area contributed by atoms with Crippen LogP contribution in [0.5, 0.6) is 0 Å². The highest BCUT2D eigenvalue weighted by atomic mass is 16.5. The van der Waals surface area contributed by atoms with E-state index in [1.54, 1.807) is 0 Å². The highest BCUT2D eigenvalue weighted by molar-refractivity contribution is 5.06. The van der Waals surface area contributed by atoms with Gasteiger partial charge in [0.05, 0.1) is 37.1 Å². The van der Waals surface area contributed by atoms with Crippen molar-refractivity contribution in [2.75, 3.05) is 13.2 Å². The minimum absolute atomic E-state index is 0.407. The summed E-state index contributed by atoms with van der Waals surface area (Å²) in [5, 5.41) is 8.50. The number of nitrogens with zero attached hydrogens (tertiary/aromatic N) is 5. The summed E-state index contributed by atoms with van der Waals surface area (Å²) in [7, 11) is 0.